The van der Waals surface area contributed by atoms with Crippen LogP contribution in [-0.4, -0.2) is 24.4 Å². The molecule has 1 N–H and O–H groups in total. The van der Waals surface area contributed by atoms with Crippen molar-refractivity contribution in [1.82, 2.24) is 0 Å². The van der Waals surface area contributed by atoms with Gasteiger partial charge >= 0.3 is 6.18 Å². The lowest BCUT2D eigenvalue weighted by atomic mass is 9.98. The van der Waals surface area contributed by atoms with Crippen molar-refractivity contribution in [2.24, 2.45) is 5.92 Å². The second-order valence-corrected chi connectivity index (χ2v) is 5.03. The Labute approximate surface area is 130 Å². The van der Waals surface area contributed by atoms with Gasteiger partial charge < -0.3 is 10.1 Å². The Hall–Kier alpha value is -2.40. The van der Waals surface area contributed by atoms with Gasteiger partial charge in [0, 0.05) is 12.3 Å². The smallest absolute Gasteiger partial charge is 0.370 e. The molecular weight excluding hydrogens is 313 g/mol. The average Bonchev–Trinajstić information content (AvgIpc) is 3.01. The Morgan fingerprint density at radius 1 is 1.30 bits per heavy atom. The van der Waals surface area contributed by atoms with E-state index in [9.17, 15) is 22.8 Å². The van der Waals surface area contributed by atoms with Gasteiger partial charge in [0.15, 0.2) is 11.7 Å². The molecule has 5 nitrogen and oxygen atoms in total. The number of alkyl halides is 3. The van der Waals surface area contributed by atoms with E-state index in [0.29, 0.717) is 19.4 Å². The summed E-state index contributed by atoms with van der Waals surface area (Å²) >= 11 is 0. The molecule has 1 amide bonds. The number of ether oxygens (including phenoxy) is 1. The fourth-order valence-electron chi connectivity index (χ4n) is 2.20. The first-order chi connectivity index (χ1) is 10.8. The summed E-state index contributed by atoms with van der Waals surface area (Å²) in [5, 5.41) is 11.3. The van der Waals surface area contributed by atoms with Crippen molar-refractivity contribution in [2.45, 2.75) is 25.1 Å². The minimum absolute atomic E-state index is 0.0726. The van der Waals surface area contributed by atoms with Crippen LogP contribution in [0.5, 0.6) is 0 Å². The van der Waals surface area contributed by atoms with E-state index in [2.05, 4.69) is 5.32 Å². The second-order valence-electron chi connectivity index (χ2n) is 5.03. The minimum atomic E-state index is -4.48. The average molecular weight is 326 g/mol. The first-order valence-corrected chi connectivity index (χ1v) is 6.86. The van der Waals surface area contributed by atoms with Gasteiger partial charge in [-0.25, -0.2) is 0 Å². The number of benzene rings is 1. The number of carbonyl (C=O) groups excluding carboxylic acids is 2. The second kappa shape index (κ2) is 6.79. The maximum absolute atomic E-state index is 12.5. The highest BCUT2D eigenvalue weighted by Gasteiger charge is 2.35. The standard InChI is InChI=1S/C15H13F3N2O3/c16-15(17,18)9-3-5-10(6-4-9)20-14(22)11(8-19)13(21)12-2-1-7-23-12/h3-6,11-12H,1-2,7H2,(H,20,22). The molecule has 1 saturated heterocycles. The van der Waals surface area contributed by atoms with E-state index in [4.69, 9.17) is 10.00 Å². The molecule has 2 unspecified atom stereocenters. The molecule has 23 heavy (non-hydrogen) atoms. The lowest BCUT2D eigenvalue weighted by Gasteiger charge is -2.14. The number of hydrogen-bond acceptors (Lipinski definition) is 4. The molecule has 0 aromatic heterocycles. The molecule has 0 radical (unpaired) electrons. The van der Waals surface area contributed by atoms with Crippen LogP contribution in [0.1, 0.15) is 18.4 Å². The van der Waals surface area contributed by atoms with E-state index in [-0.39, 0.29) is 5.69 Å². The highest BCUT2D eigenvalue weighted by atomic mass is 19.4. The van der Waals surface area contributed by atoms with Crippen molar-refractivity contribution in [3.63, 3.8) is 0 Å². The molecule has 0 aliphatic carbocycles. The first-order valence-electron chi connectivity index (χ1n) is 6.86. The van der Waals surface area contributed by atoms with Gasteiger partial charge in [-0.1, -0.05) is 0 Å². The normalized spacial score (nSPS) is 19.0. The topological polar surface area (TPSA) is 79.2 Å². The lowest BCUT2D eigenvalue weighted by molar-refractivity contribution is -0.137. The maximum Gasteiger partial charge on any atom is 0.416 e. The van der Waals surface area contributed by atoms with Crippen LogP contribution in [0, 0.1) is 17.2 Å². The summed E-state index contributed by atoms with van der Waals surface area (Å²) in [6, 6.07) is 5.34. The Balaban J connectivity index is 2.05. The number of amides is 1. The van der Waals surface area contributed by atoms with Gasteiger partial charge in [0.2, 0.25) is 5.91 Å². The number of carbonyl (C=O) groups is 2. The maximum atomic E-state index is 12.5. The van der Waals surface area contributed by atoms with E-state index in [1.165, 1.54) is 0 Å². The Kier molecular flexibility index (Phi) is 5.01. The van der Waals surface area contributed by atoms with Crippen LogP contribution >= 0.6 is 0 Å². The third kappa shape index (κ3) is 4.07. The van der Waals surface area contributed by atoms with E-state index in [1.54, 1.807) is 6.07 Å². The summed E-state index contributed by atoms with van der Waals surface area (Å²) in [4.78, 5) is 24.0. The van der Waals surface area contributed by atoms with E-state index >= 15 is 0 Å². The number of Topliss-reactive ketones (excluding diaryl/α,β-unsaturated/α-hetero) is 1. The Morgan fingerprint density at radius 2 is 1.96 bits per heavy atom. The Bertz CT molecular complexity index is 629. The van der Waals surface area contributed by atoms with Gasteiger partial charge in [0.05, 0.1) is 11.6 Å². The molecule has 8 heteroatoms. The van der Waals surface area contributed by atoms with Crippen LogP contribution in [0.4, 0.5) is 18.9 Å². The van der Waals surface area contributed by atoms with Crippen molar-refractivity contribution >= 4 is 17.4 Å². The predicted octanol–water partition coefficient (Wildman–Crippen LogP) is 2.53. The molecule has 2 atom stereocenters. The number of nitrogens with zero attached hydrogens (tertiary/aromatic N) is 1. The van der Waals surface area contributed by atoms with Gasteiger partial charge in [0.25, 0.3) is 0 Å². The van der Waals surface area contributed by atoms with Crippen molar-refractivity contribution in [1.29, 1.82) is 5.26 Å². The third-order valence-corrected chi connectivity index (χ3v) is 3.40. The molecule has 1 aromatic rings. The molecule has 0 bridgehead atoms. The summed E-state index contributed by atoms with van der Waals surface area (Å²) in [6.45, 7) is 0.398. The van der Waals surface area contributed by atoms with Gasteiger partial charge in [0.1, 0.15) is 6.10 Å². The molecule has 1 aliphatic rings. The summed E-state index contributed by atoms with van der Waals surface area (Å²) in [5.74, 6) is -3.07. The zero-order chi connectivity index (χ0) is 17.0. The van der Waals surface area contributed by atoms with Gasteiger partial charge in [-0.15, -0.1) is 0 Å². The third-order valence-electron chi connectivity index (χ3n) is 3.40. The number of rotatable bonds is 4. The number of halogens is 3. The molecule has 2 rings (SSSR count). The Morgan fingerprint density at radius 3 is 2.43 bits per heavy atom. The zero-order valence-corrected chi connectivity index (χ0v) is 11.9. The number of nitriles is 1. The van der Waals surface area contributed by atoms with E-state index < -0.39 is 35.5 Å². The molecule has 1 heterocycles. The fourth-order valence-corrected chi connectivity index (χ4v) is 2.20. The number of anilines is 1. The SMILES string of the molecule is N#CC(C(=O)Nc1ccc(C(F)(F)F)cc1)C(=O)C1CCCO1. The summed E-state index contributed by atoms with van der Waals surface area (Å²) in [6.07, 6.45) is -4.13. The molecule has 1 aromatic carbocycles. The predicted molar refractivity (Wildman–Crippen MR) is 73.2 cm³/mol. The molecule has 0 saturated carbocycles. The largest absolute Gasteiger partial charge is 0.416 e. The highest BCUT2D eigenvalue weighted by Crippen LogP contribution is 2.30. The van der Waals surface area contributed by atoms with Crippen molar-refractivity contribution in [2.75, 3.05) is 11.9 Å². The van der Waals surface area contributed by atoms with Crippen LogP contribution in [0.2, 0.25) is 0 Å². The van der Waals surface area contributed by atoms with Crippen molar-refractivity contribution < 1.29 is 27.5 Å². The first kappa shape index (κ1) is 17.0. The quantitative estimate of drug-likeness (QED) is 0.862. The van der Waals surface area contributed by atoms with Gasteiger partial charge in [-0.05, 0) is 37.1 Å². The van der Waals surface area contributed by atoms with Crippen LogP contribution in [0.15, 0.2) is 24.3 Å². The number of ketones is 1. The summed E-state index contributed by atoms with van der Waals surface area (Å²) in [5.41, 5.74) is -0.786. The van der Waals surface area contributed by atoms with Crippen LogP contribution in [-0.2, 0) is 20.5 Å². The van der Waals surface area contributed by atoms with Gasteiger partial charge in [-0.2, -0.15) is 18.4 Å². The minimum Gasteiger partial charge on any atom is -0.370 e. The summed E-state index contributed by atoms with van der Waals surface area (Å²) < 4.78 is 42.5. The van der Waals surface area contributed by atoms with Crippen molar-refractivity contribution in [3.8, 4) is 6.07 Å². The van der Waals surface area contributed by atoms with E-state index in [1.807, 2.05) is 0 Å². The lowest BCUT2D eigenvalue weighted by Crippen LogP contribution is -2.35. The molecule has 1 aliphatic heterocycles. The highest BCUT2D eigenvalue weighted by molar-refractivity contribution is 6.10. The van der Waals surface area contributed by atoms with Crippen LogP contribution in [0.25, 0.3) is 0 Å². The monoisotopic (exact) mass is 326 g/mol. The molecule has 122 valence electrons. The zero-order valence-electron chi connectivity index (χ0n) is 11.9. The molecule has 0 spiro atoms. The van der Waals surface area contributed by atoms with Crippen LogP contribution < -0.4 is 5.32 Å². The number of nitrogens with one attached hydrogen (secondary N) is 1. The van der Waals surface area contributed by atoms with Crippen molar-refractivity contribution in [3.05, 3.63) is 29.8 Å². The van der Waals surface area contributed by atoms with Gasteiger partial charge in [-0.3, -0.25) is 9.59 Å². The van der Waals surface area contributed by atoms with E-state index in [0.717, 1.165) is 24.3 Å². The fraction of sp³-hybridized carbons (Fsp3) is 0.400. The molecular formula is C15H13F3N2O3. The van der Waals surface area contributed by atoms with Crippen LogP contribution in [0.3, 0.4) is 0 Å². The number of hydrogen-bond donors (Lipinski definition) is 1. The molecule has 1 fully saturated rings. The summed E-state index contributed by atoms with van der Waals surface area (Å²) in [7, 11) is 0.